The molecule has 1 saturated carbocycles. The average Bonchev–Trinajstić information content (AvgIpc) is 2.28. The second-order valence-corrected chi connectivity index (χ2v) is 6.24. The number of nitrogens with one attached hydrogen (secondary N) is 1. The van der Waals surface area contributed by atoms with Crippen LogP contribution in [0.25, 0.3) is 0 Å². The van der Waals surface area contributed by atoms with Crippen LogP contribution in [0.2, 0.25) is 0 Å². The molecule has 1 heterocycles. The molecular formula is C14H26F2N2. The quantitative estimate of drug-likeness (QED) is 0.839. The van der Waals surface area contributed by atoms with Crippen molar-refractivity contribution in [3.8, 4) is 0 Å². The molecule has 106 valence electrons. The third kappa shape index (κ3) is 3.64. The fourth-order valence-electron chi connectivity index (χ4n) is 3.62. The molecule has 18 heavy (non-hydrogen) atoms. The molecule has 2 fully saturated rings. The molecule has 3 unspecified atom stereocenters. The predicted molar refractivity (Wildman–Crippen MR) is 70.0 cm³/mol. The van der Waals surface area contributed by atoms with Gasteiger partial charge in [-0.2, -0.15) is 0 Å². The van der Waals surface area contributed by atoms with E-state index in [0.29, 0.717) is 18.4 Å². The lowest BCUT2D eigenvalue weighted by molar-refractivity contribution is -0.0585. The molecule has 4 heteroatoms. The lowest BCUT2D eigenvalue weighted by atomic mass is 9.85. The molecule has 3 atom stereocenters. The highest BCUT2D eigenvalue weighted by Gasteiger charge is 2.37. The Morgan fingerprint density at radius 1 is 1.33 bits per heavy atom. The van der Waals surface area contributed by atoms with Crippen LogP contribution in [-0.2, 0) is 0 Å². The van der Waals surface area contributed by atoms with Gasteiger partial charge < -0.3 is 10.2 Å². The molecule has 1 aliphatic heterocycles. The van der Waals surface area contributed by atoms with Crippen molar-refractivity contribution in [1.82, 2.24) is 10.2 Å². The highest BCUT2D eigenvalue weighted by molar-refractivity contribution is 4.85. The normalized spacial score (nSPS) is 37.7. The Labute approximate surface area is 109 Å². The van der Waals surface area contributed by atoms with E-state index in [1.54, 1.807) is 0 Å². The van der Waals surface area contributed by atoms with E-state index in [9.17, 15) is 8.78 Å². The van der Waals surface area contributed by atoms with E-state index in [2.05, 4.69) is 17.1 Å². The maximum atomic E-state index is 13.4. The summed E-state index contributed by atoms with van der Waals surface area (Å²) in [5.41, 5.74) is 0. The Balaban J connectivity index is 1.80. The Bertz CT molecular complexity index is 271. The van der Waals surface area contributed by atoms with Crippen LogP contribution in [0.3, 0.4) is 0 Å². The van der Waals surface area contributed by atoms with Crippen molar-refractivity contribution in [2.75, 3.05) is 26.7 Å². The van der Waals surface area contributed by atoms with Gasteiger partial charge in [0.05, 0.1) is 0 Å². The summed E-state index contributed by atoms with van der Waals surface area (Å²) in [4.78, 5) is 2.39. The molecule has 1 aliphatic carbocycles. The third-order valence-corrected chi connectivity index (χ3v) is 4.62. The van der Waals surface area contributed by atoms with Gasteiger partial charge in [-0.05, 0) is 44.7 Å². The van der Waals surface area contributed by atoms with Gasteiger partial charge >= 0.3 is 0 Å². The van der Waals surface area contributed by atoms with E-state index >= 15 is 0 Å². The zero-order valence-corrected chi connectivity index (χ0v) is 11.6. The molecule has 0 bridgehead atoms. The largest absolute Gasteiger partial charge is 0.317 e. The van der Waals surface area contributed by atoms with E-state index in [-0.39, 0.29) is 18.8 Å². The minimum absolute atomic E-state index is 0.0989. The topological polar surface area (TPSA) is 15.3 Å². The molecule has 2 rings (SSSR count). The Morgan fingerprint density at radius 3 is 2.72 bits per heavy atom. The standard InChI is InChI=1S/C14H26F2N2/c1-11-9-18(7-5-13(11)17-2)10-12-4-3-6-14(15,16)8-12/h11-13,17H,3-10H2,1-2H3. The van der Waals surface area contributed by atoms with Crippen LogP contribution in [-0.4, -0.2) is 43.5 Å². The van der Waals surface area contributed by atoms with E-state index < -0.39 is 5.92 Å². The second kappa shape index (κ2) is 5.83. The van der Waals surface area contributed by atoms with Crippen molar-refractivity contribution in [2.24, 2.45) is 11.8 Å². The lowest BCUT2D eigenvalue weighted by Gasteiger charge is -2.39. The molecule has 0 spiro atoms. The summed E-state index contributed by atoms with van der Waals surface area (Å²) in [5.74, 6) is -1.59. The number of halogens is 2. The van der Waals surface area contributed by atoms with Crippen LogP contribution in [0, 0.1) is 11.8 Å². The maximum absolute atomic E-state index is 13.4. The minimum Gasteiger partial charge on any atom is -0.317 e. The zero-order chi connectivity index (χ0) is 13.2. The molecule has 0 radical (unpaired) electrons. The van der Waals surface area contributed by atoms with Gasteiger partial charge in [-0.1, -0.05) is 6.92 Å². The van der Waals surface area contributed by atoms with Crippen LogP contribution < -0.4 is 5.32 Å². The van der Waals surface area contributed by atoms with Crippen LogP contribution in [0.5, 0.6) is 0 Å². The number of nitrogens with zero attached hydrogens (tertiary/aromatic N) is 1. The van der Waals surface area contributed by atoms with Gasteiger partial charge in [-0.25, -0.2) is 8.78 Å². The monoisotopic (exact) mass is 260 g/mol. The highest BCUT2D eigenvalue weighted by Crippen LogP contribution is 2.37. The van der Waals surface area contributed by atoms with Crippen molar-refractivity contribution in [3.05, 3.63) is 0 Å². The van der Waals surface area contributed by atoms with Gasteiger partial charge in [-0.15, -0.1) is 0 Å². The summed E-state index contributed by atoms with van der Waals surface area (Å²) in [6, 6.07) is 0.592. The molecule has 1 N–H and O–H groups in total. The van der Waals surface area contributed by atoms with Gasteiger partial charge in [0.25, 0.3) is 0 Å². The van der Waals surface area contributed by atoms with Crippen LogP contribution in [0.15, 0.2) is 0 Å². The first kappa shape index (κ1) is 14.2. The Kier molecular flexibility index (Phi) is 4.59. The summed E-state index contributed by atoms with van der Waals surface area (Å²) in [5, 5.41) is 3.34. The van der Waals surface area contributed by atoms with Crippen LogP contribution >= 0.6 is 0 Å². The Hall–Kier alpha value is -0.220. The zero-order valence-electron chi connectivity index (χ0n) is 11.6. The van der Waals surface area contributed by atoms with E-state index in [0.717, 1.165) is 32.5 Å². The number of piperidine rings is 1. The predicted octanol–water partition coefficient (Wildman–Crippen LogP) is 2.74. The summed E-state index contributed by atoms with van der Waals surface area (Å²) in [6.07, 6.45) is 3.02. The van der Waals surface area contributed by atoms with E-state index in [1.807, 2.05) is 7.05 Å². The van der Waals surface area contributed by atoms with Crippen molar-refractivity contribution >= 4 is 0 Å². The second-order valence-electron chi connectivity index (χ2n) is 6.24. The average molecular weight is 260 g/mol. The van der Waals surface area contributed by atoms with Crippen molar-refractivity contribution in [2.45, 2.75) is 51.0 Å². The summed E-state index contributed by atoms with van der Waals surface area (Å²) in [7, 11) is 2.01. The molecule has 2 nitrogen and oxygen atoms in total. The molecule has 1 saturated heterocycles. The number of hydrogen-bond donors (Lipinski definition) is 1. The number of alkyl halides is 2. The van der Waals surface area contributed by atoms with Gasteiger partial charge in [0, 0.05) is 32.0 Å². The summed E-state index contributed by atoms with van der Waals surface area (Å²) >= 11 is 0. The summed E-state index contributed by atoms with van der Waals surface area (Å²) < 4.78 is 26.7. The lowest BCUT2D eigenvalue weighted by Crippen LogP contribution is -2.49. The van der Waals surface area contributed by atoms with Gasteiger partial charge in [0.2, 0.25) is 5.92 Å². The first-order valence-electron chi connectivity index (χ1n) is 7.27. The van der Waals surface area contributed by atoms with E-state index in [1.165, 1.54) is 0 Å². The molecule has 0 aromatic carbocycles. The van der Waals surface area contributed by atoms with Crippen LogP contribution in [0.4, 0.5) is 8.78 Å². The molecule has 0 amide bonds. The van der Waals surface area contributed by atoms with Crippen molar-refractivity contribution < 1.29 is 8.78 Å². The fourth-order valence-corrected chi connectivity index (χ4v) is 3.62. The van der Waals surface area contributed by atoms with Crippen LogP contribution in [0.1, 0.15) is 39.0 Å². The number of rotatable bonds is 3. The summed E-state index contributed by atoms with van der Waals surface area (Å²) in [6.45, 7) is 5.23. The molecule has 2 aliphatic rings. The fraction of sp³-hybridized carbons (Fsp3) is 1.00. The molecular weight excluding hydrogens is 234 g/mol. The number of likely N-dealkylation sites (tertiary alicyclic amines) is 1. The van der Waals surface area contributed by atoms with Crippen molar-refractivity contribution in [3.63, 3.8) is 0 Å². The molecule has 0 aromatic rings. The van der Waals surface area contributed by atoms with Gasteiger partial charge in [-0.3, -0.25) is 0 Å². The third-order valence-electron chi connectivity index (χ3n) is 4.62. The first-order chi connectivity index (χ1) is 8.50. The first-order valence-corrected chi connectivity index (χ1v) is 7.27. The van der Waals surface area contributed by atoms with Gasteiger partial charge in [0.1, 0.15) is 0 Å². The van der Waals surface area contributed by atoms with Gasteiger partial charge in [0.15, 0.2) is 0 Å². The Morgan fingerprint density at radius 2 is 2.11 bits per heavy atom. The highest BCUT2D eigenvalue weighted by atomic mass is 19.3. The maximum Gasteiger partial charge on any atom is 0.248 e. The minimum atomic E-state index is -2.40. The van der Waals surface area contributed by atoms with Crippen molar-refractivity contribution in [1.29, 1.82) is 0 Å². The van der Waals surface area contributed by atoms with E-state index in [4.69, 9.17) is 0 Å². The number of hydrogen-bond acceptors (Lipinski definition) is 2. The SMILES string of the molecule is CNC1CCN(CC2CCCC(F)(F)C2)CC1C. The molecule has 0 aromatic heterocycles. The smallest absolute Gasteiger partial charge is 0.248 e.